The minimum absolute atomic E-state index is 0.0499. The standard InChI is InChI=1S/C20H20N2O3S/c1-24-18-4-3-14(10-19(18)25-2)11-20(23)22-12-15-5-7-21-17(9-15)16-6-8-26-13-16/h3-10,13H,11-12H2,1-2H3,(H,22,23). The van der Waals surface area contributed by atoms with Crippen molar-refractivity contribution in [1.29, 1.82) is 0 Å². The van der Waals surface area contributed by atoms with Crippen LogP contribution in [0.25, 0.3) is 11.3 Å². The molecule has 0 aliphatic carbocycles. The smallest absolute Gasteiger partial charge is 0.224 e. The van der Waals surface area contributed by atoms with E-state index in [4.69, 9.17) is 9.47 Å². The van der Waals surface area contributed by atoms with Gasteiger partial charge in [-0.1, -0.05) is 6.07 Å². The van der Waals surface area contributed by atoms with Gasteiger partial charge in [0.05, 0.1) is 26.3 Å². The largest absolute Gasteiger partial charge is 0.493 e. The molecule has 26 heavy (non-hydrogen) atoms. The fourth-order valence-electron chi connectivity index (χ4n) is 2.59. The Balaban J connectivity index is 1.60. The molecule has 6 heteroatoms. The second kappa shape index (κ2) is 8.49. The van der Waals surface area contributed by atoms with E-state index in [-0.39, 0.29) is 12.3 Å². The lowest BCUT2D eigenvalue weighted by Crippen LogP contribution is -2.24. The van der Waals surface area contributed by atoms with Crippen LogP contribution in [-0.2, 0) is 17.8 Å². The molecule has 5 nitrogen and oxygen atoms in total. The van der Waals surface area contributed by atoms with E-state index in [0.29, 0.717) is 18.0 Å². The van der Waals surface area contributed by atoms with E-state index in [9.17, 15) is 4.79 Å². The normalized spacial score (nSPS) is 10.4. The molecule has 0 spiro atoms. The lowest BCUT2D eigenvalue weighted by atomic mass is 10.1. The number of carbonyl (C=O) groups excluding carboxylic acids is 1. The Morgan fingerprint density at radius 3 is 2.65 bits per heavy atom. The number of methoxy groups -OCH3 is 2. The van der Waals surface area contributed by atoms with Gasteiger partial charge >= 0.3 is 0 Å². The second-order valence-electron chi connectivity index (χ2n) is 5.70. The molecule has 2 aromatic heterocycles. The van der Waals surface area contributed by atoms with Crippen LogP contribution >= 0.6 is 11.3 Å². The number of carbonyl (C=O) groups is 1. The molecule has 0 radical (unpaired) electrons. The van der Waals surface area contributed by atoms with Crippen LogP contribution in [0.1, 0.15) is 11.1 Å². The third-order valence-electron chi connectivity index (χ3n) is 3.94. The maximum absolute atomic E-state index is 12.3. The first kappa shape index (κ1) is 17.9. The van der Waals surface area contributed by atoms with E-state index in [1.165, 1.54) is 0 Å². The topological polar surface area (TPSA) is 60.5 Å². The van der Waals surface area contributed by atoms with E-state index in [1.807, 2.05) is 35.7 Å². The first-order chi connectivity index (χ1) is 12.7. The summed E-state index contributed by atoms with van der Waals surface area (Å²) in [6.07, 6.45) is 2.05. The molecular weight excluding hydrogens is 348 g/mol. The quantitative estimate of drug-likeness (QED) is 0.691. The molecule has 3 rings (SSSR count). The van der Waals surface area contributed by atoms with Crippen LogP contribution < -0.4 is 14.8 Å². The molecule has 0 aliphatic heterocycles. The van der Waals surface area contributed by atoms with Gasteiger partial charge in [-0.25, -0.2) is 0 Å². The van der Waals surface area contributed by atoms with Crippen molar-refractivity contribution in [3.05, 3.63) is 64.5 Å². The average molecular weight is 368 g/mol. The fraction of sp³-hybridized carbons (Fsp3) is 0.200. The molecule has 134 valence electrons. The molecule has 0 saturated heterocycles. The maximum atomic E-state index is 12.3. The van der Waals surface area contributed by atoms with E-state index in [2.05, 4.69) is 15.7 Å². The highest BCUT2D eigenvalue weighted by atomic mass is 32.1. The lowest BCUT2D eigenvalue weighted by Gasteiger charge is -2.10. The van der Waals surface area contributed by atoms with Gasteiger partial charge in [-0.2, -0.15) is 11.3 Å². The highest BCUT2D eigenvalue weighted by Crippen LogP contribution is 2.27. The number of hydrogen-bond acceptors (Lipinski definition) is 5. The summed E-state index contributed by atoms with van der Waals surface area (Å²) in [5.41, 5.74) is 3.89. The number of thiophene rings is 1. The molecule has 0 saturated carbocycles. The van der Waals surface area contributed by atoms with Gasteiger partial charge in [0.25, 0.3) is 0 Å². The fourth-order valence-corrected chi connectivity index (χ4v) is 3.24. The van der Waals surface area contributed by atoms with Crippen molar-refractivity contribution in [3.8, 4) is 22.8 Å². The van der Waals surface area contributed by atoms with Gasteiger partial charge in [-0.15, -0.1) is 0 Å². The predicted octanol–water partition coefficient (Wildman–Crippen LogP) is 3.69. The van der Waals surface area contributed by atoms with Crippen LogP contribution in [0.2, 0.25) is 0 Å². The van der Waals surface area contributed by atoms with Gasteiger partial charge in [-0.05, 0) is 46.8 Å². The Bertz CT molecular complexity index is 879. The third kappa shape index (κ3) is 4.40. The van der Waals surface area contributed by atoms with Crippen LogP contribution in [0.5, 0.6) is 11.5 Å². The molecule has 0 unspecified atom stereocenters. The lowest BCUT2D eigenvalue weighted by molar-refractivity contribution is -0.120. The zero-order valence-electron chi connectivity index (χ0n) is 14.7. The van der Waals surface area contributed by atoms with Gasteiger partial charge < -0.3 is 14.8 Å². The molecule has 2 heterocycles. The Morgan fingerprint density at radius 1 is 1.08 bits per heavy atom. The van der Waals surface area contributed by atoms with Crippen LogP contribution in [0.3, 0.4) is 0 Å². The summed E-state index contributed by atoms with van der Waals surface area (Å²) in [4.78, 5) is 16.6. The molecule has 0 fully saturated rings. The number of amides is 1. The van der Waals surface area contributed by atoms with Crippen LogP contribution in [0.15, 0.2) is 53.4 Å². The van der Waals surface area contributed by atoms with Crippen molar-refractivity contribution in [3.63, 3.8) is 0 Å². The van der Waals surface area contributed by atoms with Crippen molar-refractivity contribution < 1.29 is 14.3 Å². The Kier molecular flexibility index (Phi) is 5.86. The SMILES string of the molecule is COc1ccc(CC(=O)NCc2ccnc(-c3ccsc3)c2)cc1OC. The van der Waals surface area contributed by atoms with Crippen LogP contribution in [-0.4, -0.2) is 25.1 Å². The van der Waals surface area contributed by atoms with Crippen molar-refractivity contribution in [2.45, 2.75) is 13.0 Å². The maximum Gasteiger partial charge on any atom is 0.224 e. The number of ether oxygens (including phenoxy) is 2. The molecule has 1 amide bonds. The zero-order valence-corrected chi connectivity index (χ0v) is 15.5. The molecule has 0 atom stereocenters. The van der Waals surface area contributed by atoms with Crippen LogP contribution in [0, 0.1) is 0 Å². The number of nitrogens with one attached hydrogen (secondary N) is 1. The monoisotopic (exact) mass is 368 g/mol. The Morgan fingerprint density at radius 2 is 1.92 bits per heavy atom. The summed E-state index contributed by atoms with van der Waals surface area (Å²) in [7, 11) is 3.17. The van der Waals surface area contributed by atoms with E-state index >= 15 is 0 Å². The number of rotatable bonds is 7. The van der Waals surface area contributed by atoms with Crippen molar-refractivity contribution in [1.82, 2.24) is 10.3 Å². The minimum atomic E-state index is -0.0499. The van der Waals surface area contributed by atoms with Gasteiger partial charge in [0.15, 0.2) is 11.5 Å². The summed E-state index contributed by atoms with van der Waals surface area (Å²) in [5, 5.41) is 7.03. The summed E-state index contributed by atoms with van der Waals surface area (Å²) >= 11 is 1.64. The molecule has 3 aromatic rings. The number of benzene rings is 1. The van der Waals surface area contributed by atoms with Crippen LogP contribution in [0.4, 0.5) is 0 Å². The van der Waals surface area contributed by atoms with Gasteiger partial charge in [0, 0.05) is 23.7 Å². The number of hydrogen-bond donors (Lipinski definition) is 1. The van der Waals surface area contributed by atoms with Crippen molar-refractivity contribution in [2.24, 2.45) is 0 Å². The van der Waals surface area contributed by atoms with E-state index in [1.54, 1.807) is 37.8 Å². The summed E-state index contributed by atoms with van der Waals surface area (Å²) in [6, 6.07) is 11.4. The molecule has 1 N–H and O–H groups in total. The Hall–Kier alpha value is -2.86. The second-order valence-corrected chi connectivity index (χ2v) is 6.48. The molecular formula is C20H20N2O3S. The van der Waals surface area contributed by atoms with Gasteiger partial charge in [0.2, 0.25) is 5.91 Å². The number of aromatic nitrogens is 1. The zero-order chi connectivity index (χ0) is 18.4. The first-order valence-corrected chi connectivity index (χ1v) is 9.09. The molecule has 1 aromatic carbocycles. The number of pyridine rings is 1. The first-order valence-electron chi connectivity index (χ1n) is 8.14. The average Bonchev–Trinajstić information content (AvgIpc) is 3.21. The third-order valence-corrected chi connectivity index (χ3v) is 4.63. The molecule has 0 bridgehead atoms. The highest BCUT2D eigenvalue weighted by molar-refractivity contribution is 7.08. The summed E-state index contributed by atoms with van der Waals surface area (Å²) in [5.74, 6) is 1.22. The van der Waals surface area contributed by atoms with E-state index in [0.717, 1.165) is 22.4 Å². The summed E-state index contributed by atoms with van der Waals surface area (Å²) < 4.78 is 10.5. The predicted molar refractivity (Wildman–Crippen MR) is 103 cm³/mol. The minimum Gasteiger partial charge on any atom is -0.493 e. The van der Waals surface area contributed by atoms with Gasteiger partial charge in [-0.3, -0.25) is 9.78 Å². The van der Waals surface area contributed by atoms with Crippen molar-refractivity contribution >= 4 is 17.2 Å². The molecule has 0 aliphatic rings. The highest BCUT2D eigenvalue weighted by Gasteiger charge is 2.09. The Labute approximate surface area is 156 Å². The van der Waals surface area contributed by atoms with E-state index < -0.39 is 0 Å². The summed E-state index contributed by atoms with van der Waals surface area (Å²) in [6.45, 7) is 0.464. The van der Waals surface area contributed by atoms with Gasteiger partial charge in [0.1, 0.15) is 0 Å². The number of nitrogens with zero attached hydrogens (tertiary/aromatic N) is 1. The van der Waals surface area contributed by atoms with Crippen molar-refractivity contribution in [2.75, 3.05) is 14.2 Å².